The van der Waals surface area contributed by atoms with Crippen molar-refractivity contribution in [2.24, 2.45) is 0 Å². The second-order valence-corrected chi connectivity index (χ2v) is 6.48. The molecule has 0 bridgehead atoms. The Morgan fingerprint density at radius 3 is 2.77 bits per heavy atom. The van der Waals surface area contributed by atoms with Gasteiger partial charge >= 0.3 is 0 Å². The van der Waals surface area contributed by atoms with Gasteiger partial charge in [-0.2, -0.15) is 10.4 Å². The Labute approximate surface area is 160 Å². The van der Waals surface area contributed by atoms with Crippen LogP contribution >= 0.6 is 15.9 Å². The summed E-state index contributed by atoms with van der Waals surface area (Å²) >= 11 is 3.37. The smallest absolute Gasteiger partial charge is 0.252 e. The number of aromatic nitrogens is 2. The molecule has 0 fully saturated rings. The molecular weight excluding hydrogens is 398 g/mol. The fraction of sp³-hybridized carbons (Fsp3) is 0.333. The lowest BCUT2D eigenvalue weighted by Crippen LogP contribution is -2.26. The minimum atomic E-state index is -0.181. The fourth-order valence-electron chi connectivity index (χ4n) is 2.27. The summed E-state index contributed by atoms with van der Waals surface area (Å²) < 4.78 is 5.85. The molecule has 0 atom stereocenters. The maximum atomic E-state index is 12.3. The van der Waals surface area contributed by atoms with E-state index in [1.165, 1.54) is 0 Å². The lowest BCUT2D eigenvalue weighted by molar-refractivity contribution is 0.0952. The quantitative estimate of drug-likeness (QED) is 0.671. The first-order chi connectivity index (χ1) is 12.5. The molecule has 2 aromatic rings. The first-order valence-electron chi connectivity index (χ1n) is 8.07. The van der Waals surface area contributed by atoms with Crippen LogP contribution in [0.15, 0.2) is 22.7 Å². The molecule has 0 saturated heterocycles. The Morgan fingerprint density at radius 1 is 1.31 bits per heavy atom. The number of anilines is 1. The average Bonchev–Trinajstić information content (AvgIpc) is 2.64. The zero-order chi connectivity index (χ0) is 19.1. The van der Waals surface area contributed by atoms with Crippen LogP contribution in [0, 0.1) is 25.2 Å². The number of ether oxygens (including phenoxy) is 1. The number of nitrogens with zero attached hydrogens (tertiary/aromatic N) is 3. The van der Waals surface area contributed by atoms with Crippen molar-refractivity contribution < 1.29 is 9.53 Å². The van der Waals surface area contributed by atoms with Crippen molar-refractivity contribution in [3.05, 3.63) is 45.1 Å². The van der Waals surface area contributed by atoms with Gasteiger partial charge in [0.05, 0.1) is 18.4 Å². The number of rotatable bonds is 7. The highest BCUT2D eigenvalue weighted by Gasteiger charge is 2.12. The number of hydrogen-bond acceptors (Lipinski definition) is 6. The van der Waals surface area contributed by atoms with Gasteiger partial charge in [-0.1, -0.05) is 0 Å². The van der Waals surface area contributed by atoms with Crippen molar-refractivity contribution in [2.75, 3.05) is 25.5 Å². The van der Waals surface area contributed by atoms with Crippen molar-refractivity contribution in [3.8, 4) is 11.8 Å². The number of nitrogens with one attached hydrogen (secondary N) is 2. The summed E-state index contributed by atoms with van der Waals surface area (Å²) in [5.74, 6) is 0.911. The Morgan fingerprint density at radius 2 is 2.08 bits per heavy atom. The second-order valence-electron chi connectivity index (χ2n) is 5.63. The normalized spacial score (nSPS) is 10.1. The molecule has 0 saturated carbocycles. The average molecular weight is 418 g/mol. The molecular formula is C18H20BrN5O2. The summed E-state index contributed by atoms with van der Waals surface area (Å²) in [5.41, 5.74) is 2.58. The van der Waals surface area contributed by atoms with Gasteiger partial charge < -0.3 is 15.4 Å². The molecule has 8 heteroatoms. The van der Waals surface area contributed by atoms with Gasteiger partial charge in [0.15, 0.2) is 5.82 Å². The van der Waals surface area contributed by atoms with Crippen LogP contribution in [0.3, 0.4) is 0 Å². The monoisotopic (exact) mass is 417 g/mol. The van der Waals surface area contributed by atoms with E-state index in [1.807, 2.05) is 13.8 Å². The molecule has 26 heavy (non-hydrogen) atoms. The van der Waals surface area contributed by atoms with Gasteiger partial charge in [-0.15, -0.1) is 5.10 Å². The summed E-state index contributed by atoms with van der Waals surface area (Å²) in [6.45, 7) is 4.71. The predicted octanol–water partition coefficient (Wildman–Crippen LogP) is 2.97. The molecule has 2 N–H and O–H groups in total. The van der Waals surface area contributed by atoms with E-state index in [9.17, 15) is 10.1 Å². The molecule has 0 spiro atoms. The van der Waals surface area contributed by atoms with E-state index in [4.69, 9.17) is 4.74 Å². The Balaban J connectivity index is 1.86. The topological polar surface area (TPSA) is 99.9 Å². The van der Waals surface area contributed by atoms with E-state index in [-0.39, 0.29) is 5.91 Å². The van der Waals surface area contributed by atoms with Gasteiger partial charge in [0.2, 0.25) is 0 Å². The van der Waals surface area contributed by atoms with Crippen LogP contribution in [0.1, 0.15) is 33.6 Å². The van der Waals surface area contributed by atoms with Crippen LogP contribution in [0.4, 0.5) is 5.82 Å². The number of amides is 1. The minimum Gasteiger partial charge on any atom is -0.497 e. The zero-order valence-electron chi connectivity index (χ0n) is 14.9. The molecule has 0 aliphatic carbocycles. The van der Waals surface area contributed by atoms with Crippen molar-refractivity contribution in [3.63, 3.8) is 0 Å². The minimum absolute atomic E-state index is 0.181. The van der Waals surface area contributed by atoms with Gasteiger partial charge in [0.1, 0.15) is 17.4 Å². The second kappa shape index (κ2) is 9.15. The van der Waals surface area contributed by atoms with Crippen LogP contribution in [0.2, 0.25) is 0 Å². The number of benzene rings is 1. The van der Waals surface area contributed by atoms with Gasteiger partial charge in [0, 0.05) is 17.6 Å². The van der Waals surface area contributed by atoms with Gasteiger partial charge in [-0.25, -0.2) is 0 Å². The summed E-state index contributed by atoms with van der Waals surface area (Å²) in [7, 11) is 1.56. The number of carbonyl (C=O) groups excluding carboxylic acids is 1. The van der Waals surface area contributed by atoms with Crippen LogP contribution in [0.5, 0.6) is 5.75 Å². The third kappa shape index (κ3) is 4.70. The summed E-state index contributed by atoms with van der Waals surface area (Å²) in [6, 6.07) is 7.39. The van der Waals surface area contributed by atoms with Gasteiger partial charge in [0.25, 0.3) is 5.91 Å². The molecule has 136 valence electrons. The fourth-order valence-corrected chi connectivity index (χ4v) is 2.69. The van der Waals surface area contributed by atoms with Gasteiger partial charge in [-0.05, 0) is 60.0 Å². The lowest BCUT2D eigenvalue weighted by Gasteiger charge is -2.11. The Bertz CT molecular complexity index is 848. The molecule has 0 unspecified atom stereocenters. The highest BCUT2D eigenvalue weighted by Crippen LogP contribution is 2.22. The van der Waals surface area contributed by atoms with Gasteiger partial charge in [-0.3, -0.25) is 4.79 Å². The molecule has 7 nitrogen and oxygen atoms in total. The number of nitriles is 1. The molecule has 0 aliphatic heterocycles. The third-order valence-corrected chi connectivity index (χ3v) is 4.61. The van der Waals surface area contributed by atoms with E-state index < -0.39 is 0 Å². The van der Waals surface area contributed by atoms with Crippen LogP contribution in [-0.2, 0) is 0 Å². The highest BCUT2D eigenvalue weighted by atomic mass is 79.9. The summed E-state index contributed by atoms with van der Waals surface area (Å²) in [4.78, 5) is 12.3. The lowest BCUT2D eigenvalue weighted by atomic mass is 10.1. The van der Waals surface area contributed by atoms with E-state index in [2.05, 4.69) is 42.8 Å². The summed E-state index contributed by atoms with van der Waals surface area (Å²) in [6.07, 6.45) is 0.673. The van der Waals surface area contributed by atoms with E-state index in [0.717, 1.165) is 11.3 Å². The largest absolute Gasteiger partial charge is 0.497 e. The van der Waals surface area contributed by atoms with Crippen LogP contribution in [-0.4, -0.2) is 36.3 Å². The Kier molecular flexibility index (Phi) is 6.92. The van der Waals surface area contributed by atoms with Crippen molar-refractivity contribution in [2.45, 2.75) is 20.3 Å². The zero-order valence-corrected chi connectivity index (χ0v) is 16.5. The van der Waals surface area contributed by atoms with Crippen LogP contribution in [0.25, 0.3) is 0 Å². The van der Waals surface area contributed by atoms with Crippen molar-refractivity contribution >= 4 is 27.7 Å². The molecule has 0 radical (unpaired) electrons. The Hall–Kier alpha value is -2.66. The standard InChI is InChI=1S/C18H20BrN5O2/c1-11-12(2)23-24-17(15(11)10-20)21-7-4-8-22-18(25)14-9-13(26-3)5-6-16(14)19/h5-6,9H,4,7-8H2,1-3H3,(H,21,24)(H,22,25). The van der Waals surface area contributed by atoms with E-state index in [0.29, 0.717) is 46.7 Å². The molecule has 1 heterocycles. The van der Waals surface area contributed by atoms with E-state index >= 15 is 0 Å². The predicted molar refractivity (Wildman–Crippen MR) is 102 cm³/mol. The number of halogens is 1. The summed E-state index contributed by atoms with van der Waals surface area (Å²) in [5, 5.41) is 23.3. The number of hydrogen-bond donors (Lipinski definition) is 2. The molecule has 1 aromatic heterocycles. The van der Waals surface area contributed by atoms with Crippen molar-refractivity contribution in [1.82, 2.24) is 15.5 Å². The maximum Gasteiger partial charge on any atom is 0.252 e. The van der Waals surface area contributed by atoms with Crippen molar-refractivity contribution in [1.29, 1.82) is 5.26 Å². The first-order valence-corrected chi connectivity index (χ1v) is 8.86. The molecule has 1 aromatic carbocycles. The number of aryl methyl sites for hydroxylation is 1. The SMILES string of the molecule is COc1ccc(Br)c(C(=O)NCCCNc2nnc(C)c(C)c2C#N)c1. The third-order valence-electron chi connectivity index (χ3n) is 3.92. The van der Waals surface area contributed by atoms with Crippen LogP contribution < -0.4 is 15.4 Å². The number of carbonyl (C=O) groups is 1. The molecule has 1 amide bonds. The molecule has 2 rings (SSSR count). The molecule has 0 aliphatic rings. The maximum absolute atomic E-state index is 12.3. The van der Waals surface area contributed by atoms with E-state index in [1.54, 1.807) is 25.3 Å². The first kappa shape index (κ1) is 19.7. The highest BCUT2D eigenvalue weighted by molar-refractivity contribution is 9.10. The number of methoxy groups -OCH3 is 1.